The van der Waals surface area contributed by atoms with Crippen molar-refractivity contribution >= 4 is 17.5 Å². The lowest BCUT2D eigenvalue weighted by molar-refractivity contribution is -0.120. The first-order valence-corrected chi connectivity index (χ1v) is 7.15. The maximum absolute atomic E-state index is 11.2. The van der Waals surface area contributed by atoms with Gasteiger partial charge in [0.05, 0.1) is 6.07 Å². The Bertz CT molecular complexity index is 678. The van der Waals surface area contributed by atoms with Crippen LogP contribution < -0.4 is 10.1 Å². The molecule has 2 aromatic rings. The largest absolute Gasteiger partial charge is 0.489 e. The van der Waals surface area contributed by atoms with Gasteiger partial charge in [-0.15, -0.1) is 0 Å². The third-order valence-electron chi connectivity index (χ3n) is 2.95. The van der Waals surface area contributed by atoms with E-state index in [-0.39, 0.29) is 12.3 Å². The Kier molecular flexibility index (Phi) is 5.81. The minimum absolute atomic E-state index is 0.124. The van der Waals surface area contributed by atoms with E-state index in [1.165, 1.54) is 0 Å². The normalized spacial score (nSPS) is 9.82. The molecule has 0 heterocycles. The quantitative estimate of drug-likeness (QED) is 0.888. The third-order valence-corrected chi connectivity index (χ3v) is 3.18. The van der Waals surface area contributed by atoms with Gasteiger partial charge in [0.25, 0.3) is 0 Å². The Hall–Kier alpha value is -2.51. The van der Waals surface area contributed by atoms with Crippen LogP contribution in [0.1, 0.15) is 17.5 Å². The van der Waals surface area contributed by atoms with Crippen LogP contribution in [-0.2, 0) is 17.9 Å². The van der Waals surface area contributed by atoms with Gasteiger partial charge >= 0.3 is 0 Å². The number of halogens is 1. The number of benzene rings is 2. The fraction of sp³-hybridized carbons (Fsp3) is 0.176. The van der Waals surface area contributed by atoms with Crippen molar-refractivity contribution in [1.29, 1.82) is 5.26 Å². The number of rotatable bonds is 6. The maximum Gasteiger partial charge on any atom is 0.234 e. The van der Waals surface area contributed by atoms with E-state index in [1.807, 2.05) is 54.6 Å². The second-order valence-electron chi connectivity index (χ2n) is 4.67. The van der Waals surface area contributed by atoms with Gasteiger partial charge in [-0.25, -0.2) is 0 Å². The molecule has 0 unspecified atom stereocenters. The fourth-order valence-electron chi connectivity index (χ4n) is 1.83. The van der Waals surface area contributed by atoms with Crippen molar-refractivity contribution in [1.82, 2.24) is 5.32 Å². The Labute approximate surface area is 134 Å². The van der Waals surface area contributed by atoms with E-state index in [9.17, 15) is 4.79 Å². The molecule has 0 aromatic heterocycles. The molecule has 0 saturated heterocycles. The van der Waals surface area contributed by atoms with Crippen LogP contribution in [0.15, 0.2) is 48.5 Å². The molecule has 0 atom stereocenters. The molecule has 0 saturated carbocycles. The number of nitrogens with one attached hydrogen (secondary N) is 1. The van der Waals surface area contributed by atoms with E-state index in [0.717, 1.165) is 16.9 Å². The number of nitriles is 1. The maximum atomic E-state index is 11.2. The van der Waals surface area contributed by atoms with Gasteiger partial charge in [-0.2, -0.15) is 5.26 Å². The predicted molar refractivity (Wildman–Crippen MR) is 84.3 cm³/mol. The molecule has 0 fully saturated rings. The molecule has 0 radical (unpaired) electrons. The van der Waals surface area contributed by atoms with E-state index in [1.54, 1.807) is 0 Å². The van der Waals surface area contributed by atoms with E-state index in [2.05, 4.69) is 5.32 Å². The first kappa shape index (κ1) is 15.9. The smallest absolute Gasteiger partial charge is 0.234 e. The summed E-state index contributed by atoms with van der Waals surface area (Å²) in [6.45, 7) is 0.841. The van der Waals surface area contributed by atoms with Crippen LogP contribution in [0.3, 0.4) is 0 Å². The molecule has 22 heavy (non-hydrogen) atoms. The lowest BCUT2D eigenvalue weighted by Crippen LogP contribution is -2.21. The topological polar surface area (TPSA) is 62.1 Å². The summed E-state index contributed by atoms with van der Waals surface area (Å²) in [7, 11) is 0. The second-order valence-corrected chi connectivity index (χ2v) is 5.11. The van der Waals surface area contributed by atoms with E-state index in [0.29, 0.717) is 18.2 Å². The molecule has 1 N–H and O–H groups in total. The molecule has 0 aliphatic rings. The highest BCUT2D eigenvalue weighted by atomic mass is 35.5. The summed E-state index contributed by atoms with van der Waals surface area (Å²) in [4.78, 5) is 11.2. The predicted octanol–water partition coefficient (Wildman–Crippen LogP) is 3.45. The molecule has 0 spiro atoms. The van der Waals surface area contributed by atoms with Crippen LogP contribution in [-0.4, -0.2) is 5.91 Å². The Morgan fingerprint density at radius 2 is 1.95 bits per heavy atom. The van der Waals surface area contributed by atoms with Crippen LogP contribution in [0.4, 0.5) is 0 Å². The van der Waals surface area contributed by atoms with Crippen molar-refractivity contribution in [3.63, 3.8) is 0 Å². The molecule has 5 heteroatoms. The summed E-state index contributed by atoms with van der Waals surface area (Å²) < 4.78 is 5.68. The molecule has 0 bridgehead atoms. The molecule has 112 valence electrons. The van der Waals surface area contributed by atoms with Crippen molar-refractivity contribution in [2.45, 2.75) is 19.6 Å². The Morgan fingerprint density at radius 3 is 2.64 bits per heavy atom. The number of nitrogens with zero attached hydrogens (tertiary/aromatic N) is 1. The molecule has 0 aliphatic heterocycles. The highest BCUT2D eigenvalue weighted by Crippen LogP contribution is 2.16. The SMILES string of the molecule is N#CCC(=O)NCc1ccc(OCc2cccc(Cl)c2)cc1. The van der Waals surface area contributed by atoms with E-state index in [4.69, 9.17) is 21.6 Å². The standard InChI is InChI=1S/C17H15ClN2O2/c18-15-3-1-2-14(10-15)12-22-16-6-4-13(5-7-16)11-20-17(21)8-9-19/h1-7,10H,8,11-12H2,(H,20,21). The summed E-state index contributed by atoms with van der Waals surface area (Å²) in [6.07, 6.45) is -0.124. The van der Waals surface area contributed by atoms with Gasteiger partial charge in [0, 0.05) is 11.6 Å². The zero-order valence-corrected chi connectivity index (χ0v) is 12.6. The van der Waals surface area contributed by atoms with E-state index >= 15 is 0 Å². The van der Waals surface area contributed by atoms with Crippen LogP contribution >= 0.6 is 11.6 Å². The average Bonchev–Trinajstić information content (AvgIpc) is 2.52. The van der Waals surface area contributed by atoms with Gasteiger partial charge in [0.2, 0.25) is 5.91 Å². The highest BCUT2D eigenvalue weighted by molar-refractivity contribution is 6.30. The first-order chi connectivity index (χ1) is 10.7. The van der Waals surface area contributed by atoms with Crippen molar-refractivity contribution in [2.75, 3.05) is 0 Å². The number of hydrogen-bond acceptors (Lipinski definition) is 3. The number of amides is 1. The summed E-state index contributed by atoms with van der Waals surface area (Å²) in [5.74, 6) is 0.468. The first-order valence-electron chi connectivity index (χ1n) is 6.77. The Morgan fingerprint density at radius 1 is 1.18 bits per heavy atom. The molecule has 0 aliphatic carbocycles. The number of ether oxygens (including phenoxy) is 1. The second kappa shape index (κ2) is 8.06. The molecule has 2 rings (SSSR count). The number of hydrogen-bond donors (Lipinski definition) is 1. The van der Waals surface area contributed by atoms with Crippen molar-refractivity contribution in [2.24, 2.45) is 0 Å². The van der Waals surface area contributed by atoms with E-state index < -0.39 is 0 Å². The molecule has 2 aromatic carbocycles. The highest BCUT2D eigenvalue weighted by Gasteiger charge is 2.01. The van der Waals surface area contributed by atoms with Crippen molar-refractivity contribution < 1.29 is 9.53 Å². The van der Waals surface area contributed by atoms with Gasteiger partial charge < -0.3 is 10.1 Å². The zero-order valence-electron chi connectivity index (χ0n) is 11.9. The van der Waals surface area contributed by atoms with Gasteiger partial charge in [0.15, 0.2) is 0 Å². The van der Waals surface area contributed by atoms with Crippen LogP contribution in [0.25, 0.3) is 0 Å². The molecule has 1 amide bonds. The average molecular weight is 315 g/mol. The summed E-state index contributed by atoms with van der Waals surface area (Å²) >= 11 is 5.92. The zero-order chi connectivity index (χ0) is 15.8. The van der Waals surface area contributed by atoms with Crippen LogP contribution in [0.2, 0.25) is 5.02 Å². The summed E-state index contributed by atoms with van der Waals surface area (Å²) in [5, 5.41) is 11.8. The van der Waals surface area contributed by atoms with Crippen molar-refractivity contribution in [3.8, 4) is 11.8 Å². The van der Waals surface area contributed by atoms with Gasteiger partial charge in [-0.05, 0) is 35.4 Å². The minimum atomic E-state index is -0.274. The monoisotopic (exact) mass is 314 g/mol. The fourth-order valence-corrected chi connectivity index (χ4v) is 2.04. The van der Waals surface area contributed by atoms with Crippen LogP contribution in [0, 0.1) is 11.3 Å². The van der Waals surface area contributed by atoms with Crippen LogP contribution in [0.5, 0.6) is 5.75 Å². The Balaban J connectivity index is 1.84. The third kappa shape index (κ3) is 5.12. The number of carbonyl (C=O) groups excluding carboxylic acids is 1. The molecule has 4 nitrogen and oxygen atoms in total. The van der Waals surface area contributed by atoms with Gasteiger partial charge in [-0.1, -0.05) is 35.9 Å². The lowest BCUT2D eigenvalue weighted by atomic mass is 10.2. The van der Waals surface area contributed by atoms with Gasteiger partial charge in [0.1, 0.15) is 18.8 Å². The minimum Gasteiger partial charge on any atom is -0.489 e. The summed E-state index contributed by atoms with van der Waals surface area (Å²) in [5.41, 5.74) is 1.95. The summed E-state index contributed by atoms with van der Waals surface area (Å²) in [6, 6.07) is 16.8. The number of carbonyl (C=O) groups is 1. The van der Waals surface area contributed by atoms with Gasteiger partial charge in [-0.3, -0.25) is 4.79 Å². The van der Waals surface area contributed by atoms with Crippen molar-refractivity contribution in [3.05, 3.63) is 64.7 Å². The molecular formula is C17H15ClN2O2. The molecular weight excluding hydrogens is 300 g/mol. The lowest BCUT2D eigenvalue weighted by Gasteiger charge is -2.08.